The predicted molar refractivity (Wildman–Crippen MR) is 96.6 cm³/mol. The molecule has 1 aromatic carbocycles. The predicted octanol–water partition coefficient (Wildman–Crippen LogP) is 1.92. The van der Waals surface area contributed by atoms with Crippen LogP contribution in [0, 0.1) is 0 Å². The Morgan fingerprint density at radius 1 is 1.07 bits per heavy atom. The molecule has 3 N–H and O–H groups in total. The van der Waals surface area contributed by atoms with E-state index in [2.05, 4.69) is 10.9 Å². The van der Waals surface area contributed by atoms with Crippen molar-refractivity contribution in [2.24, 2.45) is 0 Å². The fourth-order valence-corrected chi connectivity index (χ4v) is 2.45. The molecule has 0 unspecified atom stereocenters. The molecule has 138 valence electrons. The van der Waals surface area contributed by atoms with Gasteiger partial charge in [0, 0.05) is 17.3 Å². The molecule has 0 aliphatic rings. The molecule has 0 saturated carbocycles. The summed E-state index contributed by atoms with van der Waals surface area (Å²) in [5.74, 6) is -1.38. The van der Waals surface area contributed by atoms with Gasteiger partial charge in [0.15, 0.2) is 5.76 Å². The number of furan rings is 1. The van der Waals surface area contributed by atoms with Crippen LogP contribution in [0.3, 0.4) is 0 Å². The molecule has 0 atom stereocenters. The van der Waals surface area contributed by atoms with E-state index in [0.29, 0.717) is 5.76 Å². The zero-order chi connectivity index (χ0) is 19.4. The number of aromatic nitrogens is 1. The quantitative estimate of drug-likeness (QED) is 0.592. The third kappa shape index (κ3) is 4.36. The van der Waals surface area contributed by atoms with Gasteiger partial charge in [-0.3, -0.25) is 25.2 Å². The maximum atomic E-state index is 12.1. The largest absolute Gasteiger partial charge is 0.507 e. The number of nitrogens with one attached hydrogen (secondary N) is 2. The first-order chi connectivity index (χ1) is 12.9. The number of aromatic hydroxyl groups is 1. The van der Waals surface area contributed by atoms with E-state index in [9.17, 15) is 19.5 Å². The fourth-order valence-electron chi connectivity index (χ4n) is 2.28. The SMILES string of the molecule is O=C(NNC(=O)c1cc(Cl)ccc1O)c1ccc(Cn2ccccc2=O)o1. The molecular weight excluding hydrogens is 374 g/mol. The molecule has 2 aromatic heterocycles. The van der Waals surface area contributed by atoms with Crippen molar-refractivity contribution in [3.05, 3.63) is 87.2 Å². The highest BCUT2D eigenvalue weighted by molar-refractivity contribution is 6.31. The first kappa shape index (κ1) is 18.3. The average molecular weight is 388 g/mol. The molecule has 0 radical (unpaired) electrons. The molecule has 2 amide bonds. The summed E-state index contributed by atoms with van der Waals surface area (Å²) in [5, 5.41) is 9.94. The first-order valence-corrected chi connectivity index (χ1v) is 8.15. The smallest absolute Gasteiger partial charge is 0.305 e. The molecule has 3 rings (SSSR count). The van der Waals surface area contributed by atoms with E-state index in [1.807, 2.05) is 0 Å². The monoisotopic (exact) mass is 387 g/mol. The second kappa shape index (κ2) is 7.79. The van der Waals surface area contributed by atoms with Crippen LogP contribution in [0.5, 0.6) is 5.75 Å². The van der Waals surface area contributed by atoms with Gasteiger partial charge in [0.2, 0.25) is 0 Å². The molecule has 0 bridgehead atoms. The average Bonchev–Trinajstić information content (AvgIpc) is 3.12. The second-order valence-corrected chi connectivity index (χ2v) is 5.94. The zero-order valence-corrected chi connectivity index (χ0v) is 14.6. The van der Waals surface area contributed by atoms with Gasteiger partial charge in [0.1, 0.15) is 11.5 Å². The van der Waals surface area contributed by atoms with Crippen molar-refractivity contribution < 1.29 is 19.1 Å². The Morgan fingerprint density at radius 2 is 1.85 bits per heavy atom. The number of amides is 2. The molecule has 0 aliphatic carbocycles. The summed E-state index contributed by atoms with van der Waals surface area (Å²) >= 11 is 5.78. The van der Waals surface area contributed by atoms with E-state index < -0.39 is 11.8 Å². The van der Waals surface area contributed by atoms with Crippen molar-refractivity contribution in [2.45, 2.75) is 6.54 Å². The van der Waals surface area contributed by atoms with Crippen LogP contribution in [0.2, 0.25) is 5.02 Å². The molecule has 0 spiro atoms. The number of nitrogens with zero attached hydrogens (tertiary/aromatic N) is 1. The lowest BCUT2D eigenvalue weighted by Crippen LogP contribution is -2.41. The van der Waals surface area contributed by atoms with Gasteiger partial charge in [-0.25, -0.2) is 0 Å². The minimum Gasteiger partial charge on any atom is -0.507 e. The van der Waals surface area contributed by atoms with E-state index in [0.717, 1.165) is 0 Å². The van der Waals surface area contributed by atoms with Crippen LogP contribution in [-0.4, -0.2) is 21.5 Å². The number of rotatable bonds is 4. The minimum absolute atomic E-state index is 0.0513. The van der Waals surface area contributed by atoms with E-state index in [4.69, 9.17) is 16.0 Å². The second-order valence-electron chi connectivity index (χ2n) is 5.50. The van der Waals surface area contributed by atoms with E-state index >= 15 is 0 Å². The summed E-state index contributed by atoms with van der Waals surface area (Å²) in [6.07, 6.45) is 1.60. The minimum atomic E-state index is -0.744. The maximum absolute atomic E-state index is 12.1. The van der Waals surface area contributed by atoms with Crippen LogP contribution >= 0.6 is 11.6 Å². The van der Waals surface area contributed by atoms with Gasteiger partial charge in [-0.2, -0.15) is 0 Å². The van der Waals surface area contributed by atoms with Gasteiger partial charge in [-0.15, -0.1) is 0 Å². The highest BCUT2D eigenvalue weighted by Crippen LogP contribution is 2.21. The molecule has 2 heterocycles. The standard InChI is InChI=1S/C18H14ClN3O5/c19-11-4-6-14(23)13(9-11)17(25)20-21-18(26)15-7-5-12(27-15)10-22-8-2-1-3-16(22)24/h1-9,23H,10H2,(H,20,25)(H,21,26). The lowest BCUT2D eigenvalue weighted by Gasteiger charge is -2.07. The Kier molecular flexibility index (Phi) is 5.28. The Labute approximate surface area is 158 Å². The van der Waals surface area contributed by atoms with Gasteiger partial charge in [0.25, 0.3) is 11.5 Å². The lowest BCUT2D eigenvalue weighted by atomic mass is 10.2. The highest BCUT2D eigenvalue weighted by atomic mass is 35.5. The van der Waals surface area contributed by atoms with Gasteiger partial charge >= 0.3 is 5.91 Å². The Hall–Kier alpha value is -3.52. The number of phenolic OH excluding ortho intramolecular Hbond substituents is 1. The number of carbonyl (C=O) groups is 2. The van der Waals surface area contributed by atoms with Crippen LogP contribution in [0.1, 0.15) is 26.7 Å². The van der Waals surface area contributed by atoms with Crippen LogP contribution in [0.15, 0.2) is 63.9 Å². The van der Waals surface area contributed by atoms with Crippen molar-refractivity contribution in [3.8, 4) is 5.75 Å². The third-order valence-electron chi connectivity index (χ3n) is 3.60. The Morgan fingerprint density at radius 3 is 2.63 bits per heavy atom. The molecule has 3 aromatic rings. The Balaban J connectivity index is 1.63. The zero-order valence-electron chi connectivity index (χ0n) is 13.8. The van der Waals surface area contributed by atoms with E-state index in [1.165, 1.54) is 34.9 Å². The highest BCUT2D eigenvalue weighted by Gasteiger charge is 2.15. The van der Waals surface area contributed by atoms with Crippen molar-refractivity contribution >= 4 is 23.4 Å². The number of hydrogen-bond acceptors (Lipinski definition) is 5. The normalized spacial score (nSPS) is 10.4. The van der Waals surface area contributed by atoms with Crippen LogP contribution in [0.25, 0.3) is 0 Å². The fraction of sp³-hybridized carbons (Fsp3) is 0.0556. The summed E-state index contributed by atoms with van der Waals surface area (Å²) < 4.78 is 6.81. The van der Waals surface area contributed by atoms with Crippen molar-refractivity contribution in [3.63, 3.8) is 0 Å². The molecule has 0 fully saturated rings. The summed E-state index contributed by atoms with van der Waals surface area (Å²) in [5.41, 5.74) is 4.05. The number of benzene rings is 1. The molecule has 8 nitrogen and oxygen atoms in total. The van der Waals surface area contributed by atoms with Crippen LogP contribution in [-0.2, 0) is 6.54 Å². The van der Waals surface area contributed by atoms with Crippen molar-refractivity contribution in [1.29, 1.82) is 0 Å². The topological polar surface area (TPSA) is 114 Å². The summed E-state index contributed by atoms with van der Waals surface area (Å²) in [4.78, 5) is 35.8. The third-order valence-corrected chi connectivity index (χ3v) is 3.84. The van der Waals surface area contributed by atoms with Gasteiger partial charge in [-0.1, -0.05) is 17.7 Å². The first-order valence-electron chi connectivity index (χ1n) is 7.77. The maximum Gasteiger partial charge on any atom is 0.305 e. The number of hydrogen-bond donors (Lipinski definition) is 3. The van der Waals surface area contributed by atoms with E-state index in [1.54, 1.807) is 24.4 Å². The van der Waals surface area contributed by atoms with E-state index in [-0.39, 0.29) is 34.2 Å². The number of phenols is 1. The molecular formula is C18H14ClN3O5. The molecule has 0 saturated heterocycles. The summed E-state index contributed by atoms with van der Waals surface area (Å²) in [6.45, 7) is 0.162. The molecule has 0 aliphatic heterocycles. The molecule has 27 heavy (non-hydrogen) atoms. The van der Waals surface area contributed by atoms with Crippen molar-refractivity contribution in [2.75, 3.05) is 0 Å². The number of pyridine rings is 1. The van der Waals surface area contributed by atoms with Gasteiger partial charge in [-0.05, 0) is 36.4 Å². The Bertz CT molecular complexity index is 1060. The van der Waals surface area contributed by atoms with Gasteiger partial charge in [0.05, 0.1) is 12.1 Å². The summed E-state index contributed by atoms with van der Waals surface area (Å²) in [7, 11) is 0. The molecule has 9 heteroatoms. The van der Waals surface area contributed by atoms with Crippen LogP contribution < -0.4 is 16.4 Å². The number of carbonyl (C=O) groups excluding carboxylic acids is 2. The van der Waals surface area contributed by atoms with Crippen molar-refractivity contribution in [1.82, 2.24) is 15.4 Å². The number of hydrazine groups is 1. The van der Waals surface area contributed by atoms with Crippen LogP contribution in [0.4, 0.5) is 0 Å². The lowest BCUT2D eigenvalue weighted by molar-refractivity contribution is 0.0828. The van der Waals surface area contributed by atoms with Gasteiger partial charge < -0.3 is 14.1 Å². The summed E-state index contributed by atoms with van der Waals surface area (Å²) in [6, 6.07) is 11.7. The number of halogens is 1.